The maximum atomic E-state index is 12.2. The highest BCUT2D eigenvalue weighted by Crippen LogP contribution is 2.09. The van der Waals surface area contributed by atoms with Crippen LogP contribution >= 0.6 is 0 Å². The van der Waals surface area contributed by atoms with E-state index in [4.69, 9.17) is 0 Å². The lowest BCUT2D eigenvalue weighted by molar-refractivity contribution is -0.265. The zero-order valence-corrected chi connectivity index (χ0v) is 13.0. The summed E-state index contributed by atoms with van der Waals surface area (Å²) in [6, 6.07) is 0. The molecule has 2 aromatic heterocycles. The highest BCUT2D eigenvalue weighted by molar-refractivity contribution is 5.71. The minimum absolute atomic E-state index is 0.213. The molecule has 0 atom stereocenters. The van der Waals surface area contributed by atoms with Crippen molar-refractivity contribution in [2.75, 3.05) is 13.1 Å². The van der Waals surface area contributed by atoms with Crippen LogP contribution in [0.25, 0.3) is 11.2 Å². The summed E-state index contributed by atoms with van der Waals surface area (Å²) in [5.41, 5.74) is -0.267. The van der Waals surface area contributed by atoms with Crippen LogP contribution in [-0.2, 0) is 27.6 Å². The van der Waals surface area contributed by atoms with Gasteiger partial charge in [0.25, 0.3) is 5.56 Å². The molecule has 2 heterocycles. The second-order valence-electron chi connectivity index (χ2n) is 5.06. The molecule has 2 aromatic rings. The Kier molecular flexibility index (Phi) is 4.07. The number of hydrogen-bond acceptors (Lipinski definition) is 5. The number of carbonyl (C=O) groups excluding carboxylic acids is 1. The van der Waals surface area contributed by atoms with Gasteiger partial charge in [0, 0.05) is 40.7 Å². The van der Waals surface area contributed by atoms with Gasteiger partial charge >= 0.3 is 5.69 Å². The fourth-order valence-electron chi connectivity index (χ4n) is 2.40. The van der Waals surface area contributed by atoms with Crippen molar-refractivity contribution >= 4 is 17.3 Å². The predicted octanol–water partition coefficient (Wildman–Crippen LogP) is -1.82. The van der Waals surface area contributed by atoms with Crippen molar-refractivity contribution in [3.8, 4) is 0 Å². The van der Waals surface area contributed by atoms with Crippen LogP contribution in [0, 0.1) is 0 Å². The minimum atomic E-state index is -1.25. The van der Waals surface area contributed by atoms with Gasteiger partial charge in [0.05, 0.1) is 0 Å². The van der Waals surface area contributed by atoms with Crippen LogP contribution in [0.4, 0.5) is 4.79 Å². The van der Waals surface area contributed by atoms with Gasteiger partial charge in [-0.2, -0.15) is 0 Å². The number of nitrogens with zero attached hydrogens (tertiary/aromatic N) is 5. The van der Waals surface area contributed by atoms with Crippen molar-refractivity contribution in [3.05, 3.63) is 26.7 Å². The Labute approximate surface area is 126 Å². The van der Waals surface area contributed by atoms with Crippen LogP contribution in [0.15, 0.2) is 9.59 Å². The Hall–Kier alpha value is -2.58. The van der Waals surface area contributed by atoms with Gasteiger partial charge in [0.15, 0.2) is 11.2 Å². The Bertz CT molecular complexity index is 845. The highest BCUT2D eigenvalue weighted by Gasteiger charge is 2.17. The quantitative estimate of drug-likeness (QED) is 0.661. The third-order valence-electron chi connectivity index (χ3n) is 3.81. The lowest BCUT2D eigenvalue weighted by atomic mass is 10.3. The Morgan fingerprint density at radius 2 is 1.82 bits per heavy atom. The average molecular weight is 308 g/mol. The Morgan fingerprint density at radius 1 is 1.18 bits per heavy atom. The van der Waals surface area contributed by atoms with E-state index in [1.54, 1.807) is 25.6 Å². The van der Waals surface area contributed by atoms with Crippen LogP contribution in [0.2, 0.25) is 0 Å². The molecule has 0 radical (unpaired) electrons. The van der Waals surface area contributed by atoms with Crippen molar-refractivity contribution in [2.45, 2.75) is 13.3 Å². The molecule has 0 fully saturated rings. The molecule has 0 spiro atoms. The smallest absolute Gasteiger partial charge is 0.332 e. The van der Waals surface area contributed by atoms with Gasteiger partial charge in [0.1, 0.15) is 11.9 Å². The molecule has 0 aromatic carbocycles. The van der Waals surface area contributed by atoms with Crippen LogP contribution in [0.3, 0.4) is 0 Å². The summed E-state index contributed by atoms with van der Waals surface area (Å²) in [6.45, 7) is 2.24. The highest BCUT2D eigenvalue weighted by atomic mass is 16.4. The van der Waals surface area contributed by atoms with E-state index in [0.717, 1.165) is 9.47 Å². The number of aryl methyl sites for hydroxylation is 2. The second-order valence-corrected chi connectivity index (χ2v) is 5.06. The number of rotatable bonds is 4. The number of carboxylic acid groups (broad SMARTS) is 1. The number of likely N-dealkylation sites (N-methyl/N-ethyl adjacent to an activating group) is 1. The molecule has 0 unspecified atom stereocenters. The zero-order valence-electron chi connectivity index (χ0n) is 13.0. The Balaban J connectivity index is 2.50. The van der Waals surface area contributed by atoms with Gasteiger partial charge in [-0.1, -0.05) is 0 Å². The van der Waals surface area contributed by atoms with Crippen molar-refractivity contribution in [3.63, 3.8) is 0 Å². The minimum Gasteiger partial charge on any atom is -0.530 e. The van der Waals surface area contributed by atoms with Crippen LogP contribution in [0.5, 0.6) is 0 Å². The van der Waals surface area contributed by atoms with E-state index in [1.165, 1.54) is 11.6 Å². The van der Waals surface area contributed by atoms with Crippen molar-refractivity contribution in [1.29, 1.82) is 0 Å². The second kappa shape index (κ2) is 5.66. The molecule has 1 amide bonds. The van der Waals surface area contributed by atoms with E-state index in [-0.39, 0.29) is 6.54 Å². The van der Waals surface area contributed by atoms with Gasteiger partial charge in [-0.3, -0.25) is 13.9 Å². The fraction of sp³-hybridized carbons (Fsp3) is 0.538. The molecule has 0 aliphatic rings. The average Bonchev–Trinajstić information content (AvgIpc) is 2.80. The summed E-state index contributed by atoms with van der Waals surface area (Å²) < 4.78 is 3.92. The molecule has 2 rings (SSSR count). The molecule has 0 bridgehead atoms. The first-order valence-corrected chi connectivity index (χ1v) is 6.86. The first-order valence-electron chi connectivity index (χ1n) is 6.86. The summed E-state index contributed by atoms with van der Waals surface area (Å²) in [5, 5.41) is 10.9. The standard InChI is InChI=1S/C13H19N5O4/c1-5-18(13(21)22)7-6-8-14-10-9(15(8)2)11(19)17(4)12(20)16(10)3/h5-7H2,1-4H3,(H,21,22)/p-1. The molecule has 120 valence electrons. The summed E-state index contributed by atoms with van der Waals surface area (Å²) >= 11 is 0. The number of imidazole rings is 1. The fourth-order valence-corrected chi connectivity index (χ4v) is 2.40. The predicted molar refractivity (Wildman–Crippen MR) is 77.5 cm³/mol. The number of hydrogen-bond donors (Lipinski definition) is 0. The molecule has 0 aliphatic carbocycles. The molecule has 0 aliphatic heterocycles. The molecule has 0 saturated carbocycles. The first kappa shape index (κ1) is 15.8. The SMILES string of the molecule is CCN(CCc1nc2c(c(=O)n(C)c(=O)n2C)n1C)C(=O)[O-]. The number of amides is 1. The zero-order chi connectivity index (χ0) is 16.6. The summed E-state index contributed by atoms with van der Waals surface area (Å²) in [4.78, 5) is 40.5. The van der Waals surface area contributed by atoms with E-state index in [2.05, 4.69) is 4.98 Å². The maximum Gasteiger partial charge on any atom is 0.332 e. The third-order valence-corrected chi connectivity index (χ3v) is 3.81. The van der Waals surface area contributed by atoms with Gasteiger partial charge in [-0.15, -0.1) is 0 Å². The largest absolute Gasteiger partial charge is 0.530 e. The molecule has 0 N–H and O–H groups in total. The van der Waals surface area contributed by atoms with E-state index < -0.39 is 17.3 Å². The van der Waals surface area contributed by atoms with Gasteiger partial charge in [0.2, 0.25) is 0 Å². The first-order chi connectivity index (χ1) is 10.3. The van der Waals surface area contributed by atoms with Gasteiger partial charge in [-0.25, -0.2) is 9.78 Å². The van der Waals surface area contributed by atoms with Crippen molar-refractivity contribution in [2.24, 2.45) is 21.1 Å². The van der Waals surface area contributed by atoms with E-state index >= 15 is 0 Å². The van der Waals surface area contributed by atoms with Crippen molar-refractivity contribution in [1.82, 2.24) is 23.6 Å². The van der Waals surface area contributed by atoms with Gasteiger partial charge < -0.3 is 19.4 Å². The van der Waals surface area contributed by atoms with Gasteiger partial charge in [-0.05, 0) is 6.92 Å². The molecular weight excluding hydrogens is 290 g/mol. The summed E-state index contributed by atoms with van der Waals surface area (Å²) in [6.07, 6.45) is -0.922. The van der Waals surface area contributed by atoms with E-state index in [9.17, 15) is 19.5 Å². The van der Waals surface area contributed by atoms with E-state index in [1.807, 2.05) is 0 Å². The number of carbonyl (C=O) groups is 1. The molecule has 0 saturated heterocycles. The molecule has 22 heavy (non-hydrogen) atoms. The lowest BCUT2D eigenvalue weighted by Gasteiger charge is -2.22. The Morgan fingerprint density at radius 3 is 2.36 bits per heavy atom. The summed E-state index contributed by atoms with van der Waals surface area (Å²) in [5.74, 6) is 0.535. The normalized spacial score (nSPS) is 11.1. The molecule has 9 nitrogen and oxygen atoms in total. The number of aromatic nitrogens is 4. The lowest BCUT2D eigenvalue weighted by Crippen LogP contribution is -2.42. The topological polar surface area (TPSA) is 105 Å². The maximum absolute atomic E-state index is 12.2. The monoisotopic (exact) mass is 308 g/mol. The van der Waals surface area contributed by atoms with Crippen molar-refractivity contribution < 1.29 is 9.90 Å². The third kappa shape index (κ3) is 2.38. The van der Waals surface area contributed by atoms with E-state index in [0.29, 0.717) is 30.0 Å². The summed E-state index contributed by atoms with van der Waals surface area (Å²) in [7, 11) is 4.62. The molecular formula is C13H18N5O4-. The van der Waals surface area contributed by atoms with Crippen LogP contribution in [0.1, 0.15) is 12.7 Å². The number of fused-ring (bicyclic) bond motifs is 1. The van der Waals surface area contributed by atoms with Crippen LogP contribution in [-0.4, -0.2) is 42.8 Å². The molecule has 9 heteroatoms. The van der Waals surface area contributed by atoms with Crippen LogP contribution < -0.4 is 16.4 Å².